The molecule has 138 valence electrons. The molecule has 3 rings (SSSR count). The van der Waals surface area contributed by atoms with Gasteiger partial charge in [0, 0.05) is 6.07 Å². The third-order valence-electron chi connectivity index (χ3n) is 3.92. The standard InChI is InChI=1S/C18H21N3O4S/c1-5-24-16-11-18(17(25-6-2)10-13(16)4)26(22,23)21-15-8-7-12(3)9-14(15)19-20-21/h7-11H,5-6H2,1-4H3. The Labute approximate surface area is 152 Å². The zero-order valence-electron chi connectivity index (χ0n) is 15.2. The Balaban J connectivity index is 2.23. The summed E-state index contributed by atoms with van der Waals surface area (Å²) in [6.45, 7) is 8.17. The highest BCUT2D eigenvalue weighted by Crippen LogP contribution is 2.34. The third-order valence-corrected chi connectivity index (χ3v) is 5.52. The molecule has 0 radical (unpaired) electrons. The number of benzene rings is 2. The zero-order chi connectivity index (χ0) is 18.9. The largest absolute Gasteiger partial charge is 0.494 e. The van der Waals surface area contributed by atoms with Gasteiger partial charge >= 0.3 is 0 Å². The van der Waals surface area contributed by atoms with E-state index in [0.717, 1.165) is 15.2 Å². The highest BCUT2D eigenvalue weighted by Gasteiger charge is 2.27. The summed E-state index contributed by atoms with van der Waals surface area (Å²) in [6, 6.07) is 8.46. The maximum Gasteiger partial charge on any atom is 0.288 e. The molecule has 0 fully saturated rings. The van der Waals surface area contributed by atoms with Crippen molar-refractivity contribution in [3.8, 4) is 11.5 Å². The number of nitrogens with zero attached hydrogens (tertiary/aromatic N) is 3. The first-order chi connectivity index (χ1) is 12.4. The molecule has 0 N–H and O–H groups in total. The van der Waals surface area contributed by atoms with E-state index in [1.807, 2.05) is 26.8 Å². The van der Waals surface area contributed by atoms with Crippen LogP contribution in [-0.2, 0) is 10.0 Å². The summed E-state index contributed by atoms with van der Waals surface area (Å²) in [4.78, 5) is 0.000718. The lowest BCUT2D eigenvalue weighted by Gasteiger charge is -2.15. The SMILES string of the molecule is CCOc1cc(S(=O)(=O)n2nnc3cc(C)ccc32)c(OCC)cc1C. The third kappa shape index (κ3) is 3.12. The fourth-order valence-electron chi connectivity index (χ4n) is 2.71. The molecule has 7 nitrogen and oxygen atoms in total. The van der Waals surface area contributed by atoms with Crippen LogP contribution in [0.4, 0.5) is 0 Å². The van der Waals surface area contributed by atoms with Gasteiger partial charge in [-0.15, -0.1) is 9.19 Å². The zero-order valence-corrected chi connectivity index (χ0v) is 16.0. The van der Waals surface area contributed by atoms with Crippen LogP contribution >= 0.6 is 0 Å². The second-order valence-electron chi connectivity index (χ2n) is 5.86. The van der Waals surface area contributed by atoms with E-state index in [4.69, 9.17) is 9.47 Å². The highest BCUT2D eigenvalue weighted by atomic mass is 32.2. The summed E-state index contributed by atoms with van der Waals surface area (Å²) in [5.74, 6) is 0.763. The smallest absolute Gasteiger partial charge is 0.288 e. The molecule has 0 unspecified atom stereocenters. The monoisotopic (exact) mass is 375 g/mol. The fraction of sp³-hybridized carbons (Fsp3) is 0.333. The van der Waals surface area contributed by atoms with Gasteiger partial charge in [0.2, 0.25) is 0 Å². The molecular formula is C18H21N3O4S. The second-order valence-corrected chi connectivity index (χ2v) is 7.60. The van der Waals surface area contributed by atoms with E-state index in [1.165, 1.54) is 6.07 Å². The van der Waals surface area contributed by atoms with Crippen molar-refractivity contribution in [1.29, 1.82) is 0 Å². The lowest BCUT2D eigenvalue weighted by Crippen LogP contribution is -2.16. The molecule has 2 aromatic carbocycles. The van der Waals surface area contributed by atoms with E-state index in [0.29, 0.717) is 30.0 Å². The van der Waals surface area contributed by atoms with Crippen LogP contribution in [0.1, 0.15) is 25.0 Å². The van der Waals surface area contributed by atoms with Crippen LogP contribution in [0.3, 0.4) is 0 Å². The van der Waals surface area contributed by atoms with E-state index in [1.54, 1.807) is 25.1 Å². The number of aromatic nitrogens is 3. The van der Waals surface area contributed by atoms with Gasteiger partial charge in [0.1, 0.15) is 27.4 Å². The van der Waals surface area contributed by atoms with Gasteiger partial charge in [-0.2, -0.15) is 8.42 Å². The van der Waals surface area contributed by atoms with Gasteiger partial charge in [-0.3, -0.25) is 0 Å². The molecule has 8 heteroatoms. The maximum absolute atomic E-state index is 13.3. The minimum atomic E-state index is -4.01. The predicted molar refractivity (Wildman–Crippen MR) is 98.4 cm³/mol. The number of aryl methyl sites for hydroxylation is 2. The summed E-state index contributed by atoms with van der Waals surface area (Å²) in [6.07, 6.45) is 0. The van der Waals surface area contributed by atoms with Gasteiger partial charge in [0.25, 0.3) is 10.0 Å². The van der Waals surface area contributed by atoms with Crippen molar-refractivity contribution in [3.63, 3.8) is 0 Å². The van der Waals surface area contributed by atoms with Crippen LogP contribution in [0.15, 0.2) is 35.2 Å². The van der Waals surface area contributed by atoms with Crippen molar-refractivity contribution in [2.24, 2.45) is 0 Å². The molecule has 1 aromatic heterocycles. The minimum absolute atomic E-state index is 0.000718. The molecule has 0 bridgehead atoms. The fourth-order valence-corrected chi connectivity index (χ4v) is 4.07. The average Bonchev–Trinajstić information content (AvgIpc) is 3.01. The number of rotatable bonds is 6. The molecule has 1 heterocycles. The Morgan fingerprint density at radius 1 is 1.00 bits per heavy atom. The lowest BCUT2D eigenvalue weighted by molar-refractivity contribution is 0.320. The highest BCUT2D eigenvalue weighted by molar-refractivity contribution is 7.90. The predicted octanol–water partition coefficient (Wildman–Crippen LogP) is 3.08. The second kappa shape index (κ2) is 6.95. The summed E-state index contributed by atoms with van der Waals surface area (Å²) < 4.78 is 38.6. The molecular weight excluding hydrogens is 354 g/mol. The molecule has 0 aliphatic rings. The van der Waals surface area contributed by atoms with Gasteiger partial charge in [0.05, 0.1) is 13.2 Å². The molecule has 0 saturated heterocycles. The summed E-state index contributed by atoms with van der Waals surface area (Å²) >= 11 is 0. The molecule has 0 amide bonds. The van der Waals surface area contributed by atoms with E-state index >= 15 is 0 Å². The van der Waals surface area contributed by atoms with Gasteiger partial charge in [-0.05, 0) is 57.0 Å². The van der Waals surface area contributed by atoms with Crippen LogP contribution in [-0.4, -0.2) is 36.0 Å². The molecule has 0 atom stereocenters. The molecule has 3 aromatic rings. The first kappa shape index (κ1) is 18.2. The van der Waals surface area contributed by atoms with Crippen molar-refractivity contribution >= 4 is 21.1 Å². The molecule has 0 aliphatic heterocycles. The van der Waals surface area contributed by atoms with Crippen LogP contribution in [0, 0.1) is 13.8 Å². The van der Waals surface area contributed by atoms with Crippen molar-refractivity contribution < 1.29 is 17.9 Å². The van der Waals surface area contributed by atoms with Crippen molar-refractivity contribution in [1.82, 2.24) is 14.4 Å². The first-order valence-electron chi connectivity index (χ1n) is 8.36. The van der Waals surface area contributed by atoms with Gasteiger partial charge < -0.3 is 9.47 Å². The Morgan fingerprint density at radius 2 is 1.69 bits per heavy atom. The van der Waals surface area contributed by atoms with Crippen LogP contribution in [0.2, 0.25) is 0 Å². The van der Waals surface area contributed by atoms with Crippen molar-refractivity contribution in [2.75, 3.05) is 13.2 Å². The Hall–Kier alpha value is -2.61. The molecule has 26 heavy (non-hydrogen) atoms. The first-order valence-corrected chi connectivity index (χ1v) is 9.80. The Kier molecular flexibility index (Phi) is 4.86. The van der Waals surface area contributed by atoms with Crippen LogP contribution in [0.25, 0.3) is 11.0 Å². The minimum Gasteiger partial charge on any atom is -0.494 e. The summed E-state index contributed by atoms with van der Waals surface area (Å²) in [5.41, 5.74) is 2.71. The normalized spacial score (nSPS) is 11.7. The number of hydrogen-bond acceptors (Lipinski definition) is 6. The van der Waals surface area contributed by atoms with Crippen molar-refractivity contribution in [2.45, 2.75) is 32.6 Å². The van der Waals surface area contributed by atoms with E-state index in [-0.39, 0.29) is 10.6 Å². The number of fused-ring (bicyclic) bond motifs is 1. The van der Waals surface area contributed by atoms with E-state index < -0.39 is 10.0 Å². The maximum atomic E-state index is 13.3. The number of ether oxygens (including phenoxy) is 2. The lowest BCUT2D eigenvalue weighted by atomic mass is 10.2. The summed E-state index contributed by atoms with van der Waals surface area (Å²) in [5, 5.41) is 7.85. The van der Waals surface area contributed by atoms with E-state index in [2.05, 4.69) is 10.3 Å². The average molecular weight is 375 g/mol. The van der Waals surface area contributed by atoms with Gasteiger partial charge in [-0.25, -0.2) is 0 Å². The van der Waals surface area contributed by atoms with Crippen LogP contribution in [0.5, 0.6) is 11.5 Å². The molecule has 0 saturated carbocycles. The number of hydrogen-bond donors (Lipinski definition) is 0. The Bertz CT molecular complexity index is 1060. The van der Waals surface area contributed by atoms with Gasteiger partial charge in [0.15, 0.2) is 0 Å². The van der Waals surface area contributed by atoms with E-state index in [9.17, 15) is 8.42 Å². The molecule has 0 aliphatic carbocycles. The quantitative estimate of drug-likeness (QED) is 0.658. The Morgan fingerprint density at radius 3 is 2.38 bits per heavy atom. The summed E-state index contributed by atoms with van der Waals surface area (Å²) in [7, 11) is -4.01. The van der Waals surface area contributed by atoms with Crippen LogP contribution < -0.4 is 9.47 Å². The van der Waals surface area contributed by atoms with Gasteiger partial charge in [-0.1, -0.05) is 11.3 Å². The topological polar surface area (TPSA) is 83.3 Å². The van der Waals surface area contributed by atoms with Crippen molar-refractivity contribution in [3.05, 3.63) is 41.5 Å². The molecule has 0 spiro atoms.